The van der Waals surface area contributed by atoms with E-state index in [2.05, 4.69) is 140 Å². The van der Waals surface area contributed by atoms with E-state index in [0.29, 0.717) is 18.2 Å². The van der Waals surface area contributed by atoms with Crippen LogP contribution < -0.4 is 0 Å². The van der Waals surface area contributed by atoms with Gasteiger partial charge >= 0.3 is 0 Å². The van der Waals surface area contributed by atoms with Crippen molar-refractivity contribution < 1.29 is 0 Å². The van der Waals surface area contributed by atoms with E-state index in [1.807, 2.05) is 36.5 Å². The van der Waals surface area contributed by atoms with Gasteiger partial charge in [0.15, 0.2) is 11.7 Å². The van der Waals surface area contributed by atoms with Crippen molar-refractivity contribution in [2.45, 2.75) is 26.8 Å². The SMILES string of the molecule is C=NC(=NC(=NCc1ccc(-c2ccc3c(c2)c2cccc4sc5cccc3c5c42)cc1)C(/C=C\CC)=C/C)c1ccc2ccccc2c1. The molecule has 3 nitrogen and oxygen atoms in total. The average Bonchev–Trinajstić information content (AvgIpc) is 3.55. The molecule has 7 aromatic carbocycles. The van der Waals surface area contributed by atoms with E-state index in [9.17, 15) is 0 Å². The predicted molar refractivity (Wildman–Crippen MR) is 215 cm³/mol. The van der Waals surface area contributed by atoms with Crippen molar-refractivity contribution in [2.75, 3.05) is 0 Å². The molecule has 49 heavy (non-hydrogen) atoms. The topological polar surface area (TPSA) is 37.1 Å². The van der Waals surface area contributed by atoms with Gasteiger partial charge in [0.05, 0.1) is 6.54 Å². The predicted octanol–water partition coefficient (Wildman–Crippen LogP) is 12.6. The molecule has 236 valence electrons. The van der Waals surface area contributed by atoms with Crippen LogP contribution >= 0.6 is 11.3 Å². The van der Waals surface area contributed by atoms with Gasteiger partial charge in [-0.25, -0.2) is 9.98 Å². The van der Waals surface area contributed by atoms with Crippen molar-refractivity contribution in [1.82, 2.24) is 0 Å². The molecular weight excluding hydrogens is 615 g/mol. The van der Waals surface area contributed by atoms with Crippen molar-refractivity contribution >= 4 is 82.2 Å². The summed E-state index contributed by atoms with van der Waals surface area (Å²) in [4.78, 5) is 14.3. The lowest BCUT2D eigenvalue weighted by Gasteiger charge is -2.11. The summed E-state index contributed by atoms with van der Waals surface area (Å²) in [5.41, 5.74) is 5.37. The van der Waals surface area contributed by atoms with Crippen molar-refractivity contribution in [3.8, 4) is 11.1 Å². The van der Waals surface area contributed by atoms with Gasteiger partial charge in [-0.3, -0.25) is 4.99 Å². The summed E-state index contributed by atoms with van der Waals surface area (Å²) >= 11 is 1.89. The van der Waals surface area contributed by atoms with Crippen molar-refractivity contribution in [3.05, 3.63) is 156 Å². The van der Waals surface area contributed by atoms with E-state index in [-0.39, 0.29) is 0 Å². The van der Waals surface area contributed by atoms with E-state index in [1.54, 1.807) is 0 Å². The minimum absolute atomic E-state index is 0.496. The van der Waals surface area contributed by atoms with Crippen molar-refractivity contribution in [3.63, 3.8) is 0 Å². The van der Waals surface area contributed by atoms with Gasteiger partial charge in [-0.1, -0.05) is 122 Å². The standard InChI is InChI=1S/C45H35N3S/c1-4-6-11-30(5-2)45(48-44(46-3)35-23-22-31-12-7-8-13-33(31)26-35)47-28-29-18-20-32(21-19-29)34-24-25-36-37-14-9-16-40-42(37)43-38(39(36)27-34)15-10-17-41(43)49-40/h5-27H,3-4,28H2,1-2H3/b11-6-,30-5+,47-45?,48-44?. The molecule has 8 aromatic rings. The number of fused-ring (bicyclic) bond motifs is 4. The lowest BCUT2D eigenvalue weighted by molar-refractivity contribution is 1.06. The second-order valence-electron chi connectivity index (χ2n) is 12.3. The number of allylic oxidation sites excluding steroid dienone is 2. The summed E-state index contributed by atoms with van der Waals surface area (Å²) in [6.07, 6.45) is 7.19. The monoisotopic (exact) mass is 649 g/mol. The lowest BCUT2D eigenvalue weighted by Crippen LogP contribution is -2.06. The number of hydrogen-bond acceptors (Lipinski definition) is 2. The highest BCUT2D eigenvalue weighted by atomic mass is 32.1. The first kappa shape index (κ1) is 30.6. The zero-order valence-electron chi connectivity index (χ0n) is 27.7. The summed E-state index contributed by atoms with van der Waals surface area (Å²) in [5, 5.41) is 10.4. The zero-order chi connectivity index (χ0) is 33.3. The fourth-order valence-corrected chi connectivity index (χ4v) is 7.98. The van der Waals surface area contributed by atoms with Gasteiger partial charge in [-0.05, 0) is 93.3 Å². The second kappa shape index (κ2) is 13.1. The Kier molecular flexibility index (Phi) is 8.16. The summed E-state index contributed by atoms with van der Waals surface area (Å²) in [5.74, 6) is 1.19. The van der Waals surface area contributed by atoms with Crippen molar-refractivity contribution in [2.24, 2.45) is 15.0 Å². The second-order valence-corrected chi connectivity index (χ2v) is 13.4. The smallest absolute Gasteiger partial charge is 0.161 e. The molecule has 0 amide bonds. The van der Waals surface area contributed by atoms with Crippen LogP contribution in [0.15, 0.2) is 160 Å². The molecule has 0 saturated carbocycles. The van der Waals surface area contributed by atoms with Crippen LogP contribution in [-0.4, -0.2) is 18.4 Å². The highest BCUT2D eigenvalue weighted by Gasteiger charge is 2.16. The summed E-state index contributed by atoms with van der Waals surface area (Å²) in [6, 6.07) is 43.6. The molecule has 0 bridgehead atoms. The van der Waals surface area contributed by atoms with E-state index in [0.717, 1.165) is 28.5 Å². The molecule has 0 aliphatic heterocycles. The maximum Gasteiger partial charge on any atom is 0.161 e. The van der Waals surface area contributed by atoms with E-state index in [4.69, 9.17) is 9.98 Å². The summed E-state index contributed by atoms with van der Waals surface area (Å²) in [6.45, 7) is 8.50. The van der Waals surface area contributed by atoms with Crippen LogP contribution in [0.4, 0.5) is 0 Å². The normalized spacial score (nSPS) is 13.2. The minimum Gasteiger partial charge on any atom is -0.261 e. The average molecular weight is 650 g/mol. The molecule has 1 aromatic heterocycles. The highest BCUT2D eigenvalue weighted by Crippen LogP contribution is 2.45. The molecular formula is C45H35N3S. The molecule has 0 atom stereocenters. The van der Waals surface area contributed by atoms with Crippen LogP contribution in [0.2, 0.25) is 0 Å². The first-order valence-corrected chi connectivity index (χ1v) is 17.6. The molecule has 0 unspecified atom stereocenters. The molecule has 0 fully saturated rings. The lowest BCUT2D eigenvalue weighted by atomic mass is 9.92. The first-order chi connectivity index (χ1) is 24.1. The van der Waals surface area contributed by atoms with Crippen LogP contribution in [0.1, 0.15) is 31.4 Å². The number of nitrogens with zero attached hydrogens (tertiary/aromatic N) is 3. The van der Waals surface area contributed by atoms with Gasteiger partial charge < -0.3 is 0 Å². The van der Waals surface area contributed by atoms with Gasteiger partial charge in [0.1, 0.15) is 0 Å². The molecule has 4 heteroatoms. The Labute approximate surface area is 290 Å². The zero-order valence-corrected chi connectivity index (χ0v) is 28.5. The highest BCUT2D eigenvalue weighted by molar-refractivity contribution is 7.26. The molecule has 0 saturated heterocycles. The van der Waals surface area contributed by atoms with Crippen LogP contribution in [0, 0.1) is 0 Å². The quantitative estimate of drug-likeness (QED) is 0.0713. The minimum atomic E-state index is 0.496. The summed E-state index contributed by atoms with van der Waals surface area (Å²) in [7, 11) is 0. The van der Waals surface area contributed by atoms with Crippen LogP contribution in [-0.2, 0) is 6.54 Å². The molecule has 0 N–H and O–H groups in total. The number of hydrogen-bond donors (Lipinski definition) is 0. The number of amidine groups is 2. The number of benzene rings is 7. The molecule has 1 heterocycles. The van der Waals surface area contributed by atoms with Gasteiger partial charge in [0.25, 0.3) is 0 Å². The van der Waals surface area contributed by atoms with Gasteiger partial charge in [0, 0.05) is 31.3 Å². The Bertz CT molecular complexity index is 2630. The number of aliphatic imine (C=N–C) groups is 3. The molecule has 8 rings (SSSR count). The Morgan fingerprint density at radius 1 is 0.694 bits per heavy atom. The largest absolute Gasteiger partial charge is 0.261 e. The Morgan fingerprint density at radius 3 is 2.12 bits per heavy atom. The number of thiophene rings is 1. The first-order valence-electron chi connectivity index (χ1n) is 16.8. The van der Waals surface area contributed by atoms with Crippen LogP contribution in [0.25, 0.3) is 63.6 Å². The number of rotatable bonds is 7. The van der Waals surface area contributed by atoms with Gasteiger partial charge in [0.2, 0.25) is 0 Å². The third kappa shape index (κ3) is 5.64. The Morgan fingerprint density at radius 2 is 1.41 bits per heavy atom. The molecule has 0 aliphatic rings. The summed E-state index contributed by atoms with van der Waals surface area (Å²) < 4.78 is 2.71. The maximum atomic E-state index is 5.03. The van der Waals surface area contributed by atoms with Crippen LogP contribution in [0.5, 0.6) is 0 Å². The van der Waals surface area contributed by atoms with E-state index in [1.165, 1.54) is 58.2 Å². The fraction of sp³-hybridized carbons (Fsp3) is 0.0889. The van der Waals surface area contributed by atoms with Crippen LogP contribution in [0.3, 0.4) is 0 Å². The molecule has 0 aliphatic carbocycles. The van der Waals surface area contributed by atoms with Crippen molar-refractivity contribution in [1.29, 1.82) is 0 Å². The van der Waals surface area contributed by atoms with Gasteiger partial charge in [-0.15, -0.1) is 11.3 Å². The maximum absolute atomic E-state index is 5.03. The van der Waals surface area contributed by atoms with Gasteiger partial charge in [-0.2, -0.15) is 0 Å². The molecule has 0 spiro atoms. The Hall–Kier alpha value is -5.71. The third-order valence-electron chi connectivity index (χ3n) is 9.29. The Balaban J connectivity index is 1.13. The molecule has 0 radical (unpaired) electrons. The third-order valence-corrected chi connectivity index (χ3v) is 10.4. The fourth-order valence-electron chi connectivity index (χ4n) is 6.82. The van der Waals surface area contributed by atoms with E-state index < -0.39 is 0 Å². The van der Waals surface area contributed by atoms with E-state index >= 15 is 0 Å².